The summed E-state index contributed by atoms with van der Waals surface area (Å²) in [7, 11) is 2.46. The number of aliphatic hydroxyl groups is 8. The van der Waals surface area contributed by atoms with E-state index in [9.17, 15) is 61.0 Å². The van der Waals surface area contributed by atoms with Gasteiger partial charge in [-0.25, -0.2) is 0 Å². The monoisotopic (exact) mass is 800 g/mol. The number of phenolic OH excluding ortho intramolecular Hbond substituents is 3. The Labute approximate surface area is 316 Å². The first kappa shape index (κ1) is 41.6. The second kappa shape index (κ2) is 16.4. The third-order valence-corrected chi connectivity index (χ3v) is 9.91. The smallest absolute Gasteiger partial charge is 0.239 e. The molecule has 3 aliphatic heterocycles. The second-order valence-electron chi connectivity index (χ2n) is 13.6. The number of phenols is 3. The highest BCUT2D eigenvalue weighted by Crippen LogP contribution is 2.45. The second-order valence-corrected chi connectivity index (χ2v) is 13.6. The van der Waals surface area contributed by atoms with E-state index < -0.39 is 138 Å². The highest BCUT2D eigenvalue weighted by atomic mass is 16.8. The van der Waals surface area contributed by atoms with Gasteiger partial charge in [-0.1, -0.05) is 0 Å². The predicted octanol–water partition coefficient (Wildman–Crippen LogP) is -2.52. The molecule has 2 aromatic carbocycles. The van der Waals surface area contributed by atoms with Crippen LogP contribution in [0.2, 0.25) is 0 Å². The van der Waals surface area contributed by atoms with Gasteiger partial charge in [0.25, 0.3) is 0 Å². The van der Waals surface area contributed by atoms with Crippen molar-refractivity contribution in [2.45, 2.75) is 106 Å². The van der Waals surface area contributed by atoms with Crippen LogP contribution in [0.25, 0.3) is 22.3 Å². The first-order valence-electron chi connectivity index (χ1n) is 17.3. The Morgan fingerprint density at radius 3 is 1.89 bits per heavy atom. The van der Waals surface area contributed by atoms with Crippen LogP contribution in [0.3, 0.4) is 0 Å². The van der Waals surface area contributed by atoms with Gasteiger partial charge in [0.2, 0.25) is 23.2 Å². The highest BCUT2D eigenvalue weighted by Gasteiger charge is 2.52. The molecule has 3 aliphatic rings. The van der Waals surface area contributed by atoms with Crippen LogP contribution in [0.15, 0.2) is 33.5 Å². The summed E-state index contributed by atoms with van der Waals surface area (Å²) in [5.74, 6) is -3.45. The lowest BCUT2D eigenvalue weighted by Gasteiger charge is -2.46. The molecule has 3 saturated heterocycles. The van der Waals surface area contributed by atoms with Crippen molar-refractivity contribution in [2.24, 2.45) is 0 Å². The van der Waals surface area contributed by atoms with Crippen molar-refractivity contribution in [2.75, 3.05) is 20.8 Å². The van der Waals surface area contributed by atoms with Gasteiger partial charge in [0.1, 0.15) is 65.9 Å². The van der Waals surface area contributed by atoms with E-state index in [1.807, 2.05) is 0 Å². The summed E-state index contributed by atoms with van der Waals surface area (Å²) in [6.45, 7) is 2.06. The molecule has 21 heteroatoms. The number of benzene rings is 2. The topological polar surface area (TPSA) is 327 Å². The van der Waals surface area contributed by atoms with Gasteiger partial charge in [0.15, 0.2) is 47.4 Å². The van der Waals surface area contributed by atoms with Gasteiger partial charge in [0.05, 0.1) is 33.0 Å². The van der Waals surface area contributed by atoms with Crippen molar-refractivity contribution in [3.63, 3.8) is 0 Å². The summed E-state index contributed by atoms with van der Waals surface area (Å²) >= 11 is 0. The maximum Gasteiger partial charge on any atom is 0.239 e. The number of aliphatic hydroxyl groups excluding tert-OH is 8. The van der Waals surface area contributed by atoms with Gasteiger partial charge in [-0.05, 0) is 32.0 Å². The Morgan fingerprint density at radius 1 is 0.661 bits per heavy atom. The van der Waals surface area contributed by atoms with E-state index in [0.717, 1.165) is 12.1 Å². The molecule has 4 heterocycles. The van der Waals surface area contributed by atoms with Gasteiger partial charge in [-0.15, -0.1) is 0 Å². The minimum absolute atomic E-state index is 0.0473. The third kappa shape index (κ3) is 7.54. The lowest BCUT2D eigenvalue weighted by atomic mass is 9.97. The predicted molar refractivity (Wildman–Crippen MR) is 183 cm³/mol. The van der Waals surface area contributed by atoms with E-state index in [1.54, 1.807) is 0 Å². The first-order chi connectivity index (χ1) is 26.5. The van der Waals surface area contributed by atoms with E-state index >= 15 is 0 Å². The fourth-order valence-corrected chi connectivity index (χ4v) is 6.61. The molecule has 6 rings (SSSR count). The Hall–Kier alpha value is -4.07. The van der Waals surface area contributed by atoms with Crippen LogP contribution in [0.5, 0.6) is 34.5 Å². The summed E-state index contributed by atoms with van der Waals surface area (Å²) in [6, 6.07) is 4.54. The van der Waals surface area contributed by atoms with Crippen molar-refractivity contribution < 1.29 is 98.5 Å². The number of hydrogen-bond acceptors (Lipinski definition) is 21. The van der Waals surface area contributed by atoms with E-state index in [2.05, 4.69) is 0 Å². The van der Waals surface area contributed by atoms with Crippen LogP contribution in [0.4, 0.5) is 0 Å². The van der Waals surface area contributed by atoms with E-state index in [1.165, 1.54) is 40.2 Å². The maximum atomic E-state index is 14.4. The molecule has 15 atom stereocenters. The number of ether oxygens (including phenoxy) is 8. The van der Waals surface area contributed by atoms with Gasteiger partial charge in [-0.3, -0.25) is 4.79 Å². The van der Waals surface area contributed by atoms with Crippen LogP contribution in [0.1, 0.15) is 13.8 Å². The lowest BCUT2D eigenvalue weighted by Crippen LogP contribution is -2.65. The Bertz CT molecular complexity index is 1920. The Kier molecular flexibility index (Phi) is 12.2. The third-order valence-electron chi connectivity index (χ3n) is 9.91. The summed E-state index contributed by atoms with van der Waals surface area (Å²) in [5.41, 5.74) is -1.44. The summed E-state index contributed by atoms with van der Waals surface area (Å²) in [6.07, 6.45) is -25.2. The molecule has 0 unspecified atom stereocenters. The SMILES string of the molecule is COc1cc2oc(-c3ccc(O)c(O)c3)c(O[C@@H]3O[C@H](CO[C@@H]4O[C@@H](C)[C@H](O)[C@@H](O)[C@H]4O)[C@H](O)[C@H](O)[C@H]3O[C@@H]3O[C@@H](C)[C@H](O)[C@@H](O)[C@H]3O)c(=O)c2c(O)c1OC. The normalized spacial score (nSPS) is 36.3. The number of fused-ring (bicyclic) bond motifs is 1. The van der Waals surface area contributed by atoms with Crippen LogP contribution < -0.4 is 19.6 Å². The first-order valence-corrected chi connectivity index (χ1v) is 17.3. The van der Waals surface area contributed by atoms with Gasteiger partial charge < -0.3 is 98.5 Å². The molecular weight excluding hydrogens is 756 g/mol. The Morgan fingerprint density at radius 2 is 1.29 bits per heavy atom. The maximum absolute atomic E-state index is 14.4. The van der Waals surface area contributed by atoms with Gasteiger partial charge in [0, 0.05) is 11.6 Å². The van der Waals surface area contributed by atoms with Gasteiger partial charge >= 0.3 is 0 Å². The average Bonchev–Trinajstić information content (AvgIpc) is 3.17. The van der Waals surface area contributed by atoms with Crippen molar-refractivity contribution >= 4 is 11.0 Å². The zero-order valence-electron chi connectivity index (χ0n) is 30.2. The standard InChI is InChI=1S/C35H44O21/c1-10-19(38)24(43)27(46)33(51-10)50-9-17-21(40)26(45)32(56-34-28(47)25(44)20(39)11(2)52-34)35(54-17)55-31-23(42)18-15(8-16(48-3)30(49-4)22(18)41)53-29(31)12-5-6-13(36)14(37)7-12/h5-8,10-11,17,19-21,24-28,32-41,43-47H,9H2,1-4H3/t10-,11-,17+,19-,20-,21-,24+,25+,26-,27+,28+,32+,33+,34-,35-/m0/s1. The molecule has 310 valence electrons. The molecule has 56 heavy (non-hydrogen) atoms. The minimum Gasteiger partial charge on any atom is -0.504 e. The Balaban J connectivity index is 1.44. The zero-order chi connectivity index (χ0) is 40.9. The summed E-state index contributed by atoms with van der Waals surface area (Å²) < 4.78 is 51.0. The molecule has 21 nitrogen and oxygen atoms in total. The van der Waals surface area contributed by atoms with E-state index in [0.29, 0.717) is 0 Å². The largest absolute Gasteiger partial charge is 0.504 e. The molecular formula is C35H44O21. The number of aromatic hydroxyl groups is 3. The average molecular weight is 801 g/mol. The summed E-state index contributed by atoms with van der Waals surface area (Å²) in [4.78, 5) is 14.4. The molecule has 0 saturated carbocycles. The molecule has 3 fully saturated rings. The van der Waals surface area contributed by atoms with E-state index in [4.69, 9.17) is 42.3 Å². The number of methoxy groups -OCH3 is 2. The molecule has 11 N–H and O–H groups in total. The molecule has 0 bridgehead atoms. The molecule has 0 aliphatic carbocycles. The molecule has 1 aromatic heterocycles. The van der Waals surface area contributed by atoms with Crippen LogP contribution in [-0.4, -0.2) is 169 Å². The van der Waals surface area contributed by atoms with Crippen molar-refractivity contribution in [1.29, 1.82) is 0 Å². The zero-order valence-corrected chi connectivity index (χ0v) is 30.2. The minimum atomic E-state index is -2.05. The molecule has 0 radical (unpaired) electrons. The fourth-order valence-electron chi connectivity index (χ4n) is 6.61. The summed E-state index contributed by atoms with van der Waals surface area (Å²) in [5, 5.41) is 116. The van der Waals surface area contributed by atoms with E-state index in [-0.39, 0.29) is 22.6 Å². The van der Waals surface area contributed by atoms with Gasteiger partial charge in [-0.2, -0.15) is 0 Å². The van der Waals surface area contributed by atoms with Crippen LogP contribution >= 0.6 is 0 Å². The van der Waals surface area contributed by atoms with Crippen LogP contribution in [-0.2, 0) is 23.7 Å². The van der Waals surface area contributed by atoms with Crippen molar-refractivity contribution in [1.82, 2.24) is 0 Å². The van der Waals surface area contributed by atoms with Crippen molar-refractivity contribution in [3.05, 3.63) is 34.5 Å². The quantitative estimate of drug-likeness (QED) is 0.0942. The van der Waals surface area contributed by atoms with Crippen LogP contribution in [0, 0.1) is 0 Å². The fraction of sp³-hybridized carbons (Fsp3) is 0.571. The van der Waals surface area contributed by atoms with Crippen molar-refractivity contribution in [3.8, 4) is 45.8 Å². The molecule has 0 spiro atoms. The number of hydrogen-bond donors (Lipinski definition) is 11. The lowest BCUT2D eigenvalue weighted by molar-refractivity contribution is -0.360. The molecule has 0 amide bonds. The highest BCUT2D eigenvalue weighted by molar-refractivity contribution is 5.91. The number of rotatable bonds is 10. The molecule has 3 aromatic rings.